The summed E-state index contributed by atoms with van der Waals surface area (Å²) >= 11 is 5.67. The van der Waals surface area contributed by atoms with Gasteiger partial charge in [0.2, 0.25) is 0 Å². The van der Waals surface area contributed by atoms with Crippen LogP contribution in [-0.4, -0.2) is 20.0 Å². The Hall–Kier alpha value is -0.870. The lowest BCUT2D eigenvalue weighted by Gasteiger charge is -2.03. The fourth-order valence-corrected chi connectivity index (χ4v) is 2.71. The first-order valence-corrected chi connectivity index (χ1v) is 6.92. The van der Waals surface area contributed by atoms with E-state index >= 15 is 0 Å². The maximum atomic E-state index is 11.8. The van der Waals surface area contributed by atoms with Gasteiger partial charge in [-0.25, -0.2) is 8.42 Å². The molecule has 0 fully saturated rings. The first-order valence-electron chi connectivity index (χ1n) is 4.89. The van der Waals surface area contributed by atoms with E-state index in [1.165, 1.54) is 19.1 Å². The van der Waals surface area contributed by atoms with Crippen molar-refractivity contribution >= 4 is 27.2 Å². The van der Waals surface area contributed by atoms with E-state index in [0.717, 1.165) is 0 Å². The van der Waals surface area contributed by atoms with Crippen LogP contribution in [0.1, 0.15) is 19.8 Å². The Morgan fingerprint density at radius 3 is 2.31 bits per heavy atom. The summed E-state index contributed by atoms with van der Waals surface area (Å²) in [5.41, 5.74) is 0. The summed E-state index contributed by atoms with van der Waals surface area (Å²) < 4.78 is 23.5. The van der Waals surface area contributed by atoms with Crippen molar-refractivity contribution in [3.63, 3.8) is 0 Å². The van der Waals surface area contributed by atoms with E-state index in [1.54, 1.807) is 12.1 Å². The molecule has 3 nitrogen and oxygen atoms in total. The Balaban J connectivity index is 2.71. The normalized spacial score (nSPS) is 11.4. The Kier molecular flexibility index (Phi) is 4.50. The van der Waals surface area contributed by atoms with Crippen molar-refractivity contribution in [3.05, 3.63) is 29.3 Å². The third-order valence-electron chi connectivity index (χ3n) is 2.11. The third-order valence-corrected chi connectivity index (χ3v) is 4.18. The molecule has 0 saturated carbocycles. The molecule has 0 radical (unpaired) electrons. The van der Waals surface area contributed by atoms with E-state index in [9.17, 15) is 13.2 Å². The Labute approximate surface area is 100 Å². The topological polar surface area (TPSA) is 51.2 Å². The van der Waals surface area contributed by atoms with Crippen molar-refractivity contribution in [1.29, 1.82) is 0 Å². The Morgan fingerprint density at radius 2 is 1.81 bits per heavy atom. The number of rotatable bonds is 5. The second kappa shape index (κ2) is 5.46. The SMILES string of the molecule is CC(=O)CCCS(=O)(=O)c1ccc(Cl)cc1. The number of hydrogen-bond donors (Lipinski definition) is 0. The van der Waals surface area contributed by atoms with Gasteiger partial charge in [-0.1, -0.05) is 11.6 Å². The summed E-state index contributed by atoms with van der Waals surface area (Å²) in [4.78, 5) is 10.9. The van der Waals surface area contributed by atoms with Crippen LogP contribution in [0.2, 0.25) is 5.02 Å². The quantitative estimate of drug-likeness (QED) is 0.817. The molecule has 0 aromatic heterocycles. The van der Waals surface area contributed by atoms with Gasteiger partial charge in [0.15, 0.2) is 9.84 Å². The molecule has 0 atom stereocenters. The third kappa shape index (κ3) is 3.94. The number of benzene rings is 1. The average molecular weight is 261 g/mol. The number of carbonyl (C=O) groups is 1. The molecule has 88 valence electrons. The Bertz CT molecular complexity index is 463. The van der Waals surface area contributed by atoms with E-state index in [4.69, 9.17) is 11.6 Å². The number of hydrogen-bond acceptors (Lipinski definition) is 3. The predicted molar refractivity (Wildman–Crippen MR) is 63.4 cm³/mol. The first kappa shape index (κ1) is 13.2. The zero-order chi connectivity index (χ0) is 12.2. The van der Waals surface area contributed by atoms with Gasteiger partial charge in [0.1, 0.15) is 5.78 Å². The number of carbonyl (C=O) groups excluding carboxylic acids is 1. The van der Waals surface area contributed by atoms with Crippen molar-refractivity contribution < 1.29 is 13.2 Å². The molecular weight excluding hydrogens is 248 g/mol. The zero-order valence-corrected chi connectivity index (χ0v) is 10.5. The van der Waals surface area contributed by atoms with Gasteiger partial charge in [0, 0.05) is 11.4 Å². The summed E-state index contributed by atoms with van der Waals surface area (Å²) in [6.07, 6.45) is 0.660. The van der Waals surface area contributed by atoms with Crippen LogP contribution in [0.25, 0.3) is 0 Å². The van der Waals surface area contributed by atoms with Gasteiger partial charge in [-0.05, 0) is 37.6 Å². The van der Waals surface area contributed by atoms with Crippen LogP contribution in [0.5, 0.6) is 0 Å². The van der Waals surface area contributed by atoms with E-state index in [1.807, 2.05) is 0 Å². The zero-order valence-electron chi connectivity index (χ0n) is 8.94. The molecule has 0 aliphatic carbocycles. The van der Waals surface area contributed by atoms with Crippen LogP contribution in [0.15, 0.2) is 29.2 Å². The molecule has 0 unspecified atom stereocenters. The van der Waals surface area contributed by atoms with Crippen LogP contribution in [0.4, 0.5) is 0 Å². The highest BCUT2D eigenvalue weighted by Crippen LogP contribution is 2.16. The molecule has 0 bridgehead atoms. The number of ketones is 1. The van der Waals surface area contributed by atoms with Crippen molar-refractivity contribution in [2.45, 2.75) is 24.7 Å². The van der Waals surface area contributed by atoms with Gasteiger partial charge < -0.3 is 4.79 Å². The molecule has 0 heterocycles. The highest BCUT2D eigenvalue weighted by Gasteiger charge is 2.13. The maximum Gasteiger partial charge on any atom is 0.178 e. The summed E-state index contributed by atoms with van der Waals surface area (Å²) in [7, 11) is -3.28. The van der Waals surface area contributed by atoms with E-state index in [2.05, 4.69) is 0 Å². The summed E-state index contributed by atoms with van der Waals surface area (Å²) in [6, 6.07) is 6.04. The Morgan fingerprint density at radius 1 is 1.25 bits per heavy atom. The van der Waals surface area contributed by atoms with Gasteiger partial charge in [0.25, 0.3) is 0 Å². The van der Waals surface area contributed by atoms with Crippen LogP contribution in [0, 0.1) is 0 Å². The van der Waals surface area contributed by atoms with E-state index in [0.29, 0.717) is 17.9 Å². The van der Waals surface area contributed by atoms with Gasteiger partial charge in [0.05, 0.1) is 10.6 Å². The van der Waals surface area contributed by atoms with Crippen molar-refractivity contribution in [2.75, 3.05) is 5.75 Å². The fourth-order valence-electron chi connectivity index (χ4n) is 1.27. The van der Waals surface area contributed by atoms with Crippen molar-refractivity contribution in [2.24, 2.45) is 0 Å². The van der Waals surface area contributed by atoms with Gasteiger partial charge in [-0.2, -0.15) is 0 Å². The van der Waals surface area contributed by atoms with Crippen molar-refractivity contribution in [1.82, 2.24) is 0 Å². The van der Waals surface area contributed by atoms with Gasteiger partial charge in [-0.15, -0.1) is 0 Å². The minimum absolute atomic E-state index is 0.00574. The molecule has 1 rings (SSSR count). The molecule has 0 saturated heterocycles. The lowest BCUT2D eigenvalue weighted by molar-refractivity contribution is -0.117. The van der Waals surface area contributed by atoms with Gasteiger partial charge >= 0.3 is 0 Å². The molecule has 0 amide bonds. The lowest BCUT2D eigenvalue weighted by atomic mass is 10.3. The van der Waals surface area contributed by atoms with E-state index in [-0.39, 0.29) is 16.4 Å². The first-order chi connectivity index (χ1) is 7.42. The summed E-state index contributed by atoms with van der Waals surface area (Å²) in [6.45, 7) is 1.45. The number of sulfone groups is 1. The predicted octanol–water partition coefficient (Wildman–Crippen LogP) is 2.48. The van der Waals surface area contributed by atoms with Gasteiger partial charge in [-0.3, -0.25) is 0 Å². The summed E-state index contributed by atoms with van der Waals surface area (Å²) in [5.74, 6) is 0.0000973. The highest BCUT2D eigenvalue weighted by atomic mass is 35.5. The molecule has 0 aliphatic rings. The standard InChI is InChI=1S/C11H13ClO3S/c1-9(13)3-2-8-16(14,15)11-6-4-10(12)5-7-11/h4-7H,2-3,8H2,1H3. The second-order valence-corrected chi connectivity index (χ2v) is 6.12. The van der Waals surface area contributed by atoms with Crippen LogP contribution in [-0.2, 0) is 14.6 Å². The highest BCUT2D eigenvalue weighted by molar-refractivity contribution is 7.91. The largest absolute Gasteiger partial charge is 0.300 e. The summed E-state index contributed by atoms with van der Waals surface area (Å²) in [5, 5.41) is 0.502. The molecule has 16 heavy (non-hydrogen) atoms. The lowest BCUT2D eigenvalue weighted by Crippen LogP contribution is -2.07. The molecule has 0 N–H and O–H groups in total. The fraction of sp³-hybridized carbons (Fsp3) is 0.364. The van der Waals surface area contributed by atoms with E-state index < -0.39 is 9.84 Å². The van der Waals surface area contributed by atoms with Crippen LogP contribution in [0.3, 0.4) is 0 Å². The molecule has 5 heteroatoms. The molecule has 0 spiro atoms. The monoisotopic (exact) mass is 260 g/mol. The average Bonchev–Trinajstić information content (AvgIpc) is 2.17. The second-order valence-electron chi connectivity index (χ2n) is 3.58. The number of halogens is 1. The molecule has 1 aromatic carbocycles. The molecule has 0 aliphatic heterocycles. The van der Waals surface area contributed by atoms with Crippen molar-refractivity contribution in [3.8, 4) is 0 Å². The smallest absolute Gasteiger partial charge is 0.178 e. The van der Waals surface area contributed by atoms with Crippen LogP contribution >= 0.6 is 11.6 Å². The molecule has 1 aromatic rings. The maximum absolute atomic E-state index is 11.8. The van der Waals surface area contributed by atoms with Crippen LogP contribution < -0.4 is 0 Å². The minimum atomic E-state index is -3.28. The minimum Gasteiger partial charge on any atom is -0.300 e. The molecular formula is C11H13ClO3S. The number of Topliss-reactive ketones (excluding diaryl/α,β-unsaturated/α-hetero) is 1.